The molecule has 0 spiro atoms. The van der Waals surface area contributed by atoms with Crippen LogP contribution >= 0.6 is 0 Å². The molecule has 0 aromatic heterocycles. The van der Waals surface area contributed by atoms with Crippen LogP contribution in [-0.2, 0) is 4.79 Å². The van der Waals surface area contributed by atoms with E-state index in [0.717, 1.165) is 23.1 Å². The van der Waals surface area contributed by atoms with Gasteiger partial charge in [0, 0.05) is 12.5 Å². The van der Waals surface area contributed by atoms with Crippen LogP contribution in [0.4, 0.5) is 0 Å². The molecule has 0 aliphatic rings. The molecule has 24 heavy (non-hydrogen) atoms. The third kappa shape index (κ3) is 9.54. The minimum Gasteiger partial charge on any atom is -0.352 e. The standard InChI is InChI=1S/C22H37NO/c1-11-17(4)13-18(12-16(2)3)15-23-20(24)19(22(8,9)10)14-21(5,6)7/h11-13,19H,1-2,14-15H2,3-10H3,(H,23,24)/b17-13-,18-12+. The fourth-order valence-corrected chi connectivity index (χ4v) is 2.53. The SMILES string of the molecule is C=C/C(C)=C\C(=C/C(=C)C)CNC(=O)C(CC(C)(C)C)C(C)(C)C. The van der Waals surface area contributed by atoms with Crippen LogP contribution in [0.2, 0.25) is 0 Å². The fourth-order valence-electron chi connectivity index (χ4n) is 2.53. The summed E-state index contributed by atoms with van der Waals surface area (Å²) < 4.78 is 0. The summed E-state index contributed by atoms with van der Waals surface area (Å²) in [6, 6.07) is 0. The predicted molar refractivity (Wildman–Crippen MR) is 107 cm³/mol. The normalized spacial score (nSPS) is 15.0. The number of rotatable bonds is 7. The third-order valence-corrected chi connectivity index (χ3v) is 3.81. The van der Waals surface area contributed by atoms with Gasteiger partial charge in [0.15, 0.2) is 0 Å². The summed E-state index contributed by atoms with van der Waals surface area (Å²) in [5.74, 6) is 0.0998. The second-order valence-corrected chi connectivity index (χ2v) is 9.06. The molecule has 0 aliphatic carbocycles. The van der Waals surface area contributed by atoms with Gasteiger partial charge in [0.25, 0.3) is 0 Å². The minimum atomic E-state index is -0.0670. The number of amides is 1. The Morgan fingerprint density at radius 1 is 1.08 bits per heavy atom. The highest BCUT2D eigenvalue weighted by Gasteiger charge is 2.34. The van der Waals surface area contributed by atoms with Gasteiger partial charge in [-0.2, -0.15) is 0 Å². The number of nitrogens with one attached hydrogen (secondary N) is 1. The first kappa shape index (κ1) is 22.4. The van der Waals surface area contributed by atoms with E-state index in [0.29, 0.717) is 6.54 Å². The quantitative estimate of drug-likeness (QED) is 0.584. The molecule has 0 saturated carbocycles. The van der Waals surface area contributed by atoms with Gasteiger partial charge >= 0.3 is 0 Å². The summed E-state index contributed by atoms with van der Waals surface area (Å²) in [4.78, 5) is 12.8. The van der Waals surface area contributed by atoms with Crippen LogP contribution in [0.1, 0.15) is 61.8 Å². The van der Waals surface area contributed by atoms with Crippen LogP contribution in [0.25, 0.3) is 0 Å². The highest BCUT2D eigenvalue weighted by Crippen LogP contribution is 2.36. The van der Waals surface area contributed by atoms with E-state index in [1.54, 1.807) is 0 Å². The topological polar surface area (TPSA) is 29.1 Å². The van der Waals surface area contributed by atoms with Crippen molar-refractivity contribution in [2.45, 2.75) is 61.8 Å². The number of carbonyl (C=O) groups is 1. The van der Waals surface area contributed by atoms with Crippen molar-refractivity contribution >= 4 is 5.91 Å². The van der Waals surface area contributed by atoms with E-state index in [4.69, 9.17) is 0 Å². The van der Waals surface area contributed by atoms with Crippen molar-refractivity contribution in [3.8, 4) is 0 Å². The van der Waals surface area contributed by atoms with Crippen molar-refractivity contribution in [3.05, 3.63) is 48.1 Å². The molecule has 1 atom stereocenters. The molecule has 0 aromatic rings. The number of carbonyl (C=O) groups excluding carboxylic acids is 1. The van der Waals surface area contributed by atoms with Crippen LogP contribution in [0.15, 0.2) is 48.1 Å². The molecule has 0 saturated heterocycles. The monoisotopic (exact) mass is 331 g/mol. The Kier molecular flexibility index (Phi) is 8.46. The predicted octanol–water partition coefficient (Wildman–Crippen LogP) is 5.84. The van der Waals surface area contributed by atoms with Crippen LogP contribution in [0.3, 0.4) is 0 Å². The van der Waals surface area contributed by atoms with E-state index in [9.17, 15) is 4.79 Å². The molecule has 0 rings (SSSR count). The smallest absolute Gasteiger partial charge is 0.223 e. The summed E-state index contributed by atoms with van der Waals surface area (Å²) in [5, 5.41) is 3.12. The van der Waals surface area contributed by atoms with Gasteiger partial charge in [-0.1, -0.05) is 84.1 Å². The van der Waals surface area contributed by atoms with Crippen LogP contribution in [0, 0.1) is 16.7 Å². The van der Waals surface area contributed by atoms with E-state index in [1.165, 1.54) is 0 Å². The first-order valence-electron chi connectivity index (χ1n) is 8.71. The van der Waals surface area contributed by atoms with E-state index in [1.807, 2.05) is 32.1 Å². The van der Waals surface area contributed by atoms with Crippen molar-refractivity contribution < 1.29 is 4.79 Å². The lowest BCUT2D eigenvalue weighted by Crippen LogP contribution is -2.40. The van der Waals surface area contributed by atoms with Crippen molar-refractivity contribution in [1.82, 2.24) is 5.32 Å². The lowest BCUT2D eigenvalue weighted by Gasteiger charge is -2.34. The zero-order chi connectivity index (χ0) is 19.1. The van der Waals surface area contributed by atoms with E-state index >= 15 is 0 Å². The molecule has 0 heterocycles. The Balaban J connectivity index is 5.22. The maximum Gasteiger partial charge on any atom is 0.223 e. The minimum absolute atomic E-state index is 0.0203. The Hall–Kier alpha value is -1.57. The van der Waals surface area contributed by atoms with Crippen LogP contribution in [-0.4, -0.2) is 12.5 Å². The molecular formula is C22H37NO. The van der Waals surface area contributed by atoms with Gasteiger partial charge in [0.1, 0.15) is 0 Å². The van der Waals surface area contributed by atoms with Crippen molar-refractivity contribution in [2.75, 3.05) is 6.54 Å². The summed E-state index contributed by atoms with van der Waals surface area (Å²) in [6.07, 6.45) is 6.72. The van der Waals surface area contributed by atoms with Crippen LogP contribution in [0.5, 0.6) is 0 Å². The molecule has 1 unspecified atom stereocenters. The van der Waals surface area contributed by atoms with E-state index < -0.39 is 0 Å². The summed E-state index contributed by atoms with van der Waals surface area (Å²) in [6.45, 7) is 25.1. The van der Waals surface area contributed by atoms with Gasteiger partial charge in [-0.15, -0.1) is 0 Å². The Morgan fingerprint density at radius 3 is 2.00 bits per heavy atom. The number of hydrogen-bond acceptors (Lipinski definition) is 1. The maximum absolute atomic E-state index is 12.8. The summed E-state index contributed by atoms with van der Waals surface area (Å²) >= 11 is 0. The highest BCUT2D eigenvalue weighted by molar-refractivity contribution is 5.79. The molecule has 1 N–H and O–H groups in total. The van der Waals surface area contributed by atoms with E-state index in [2.05, 4.69) is 60.0 Å². The second kappa shape index (κ2) is 9.05. The van der Waals surface area contributed by atoms with E-state index in [-0.39, 0.29) is 22.7 Å². The first-order valence-corrected chi connectivity index (χ1v) is 8.71. The second-order valence-electron chi connectivity index (χ2n) is 9.06. The maximum atomic E-state index is 12.8. The average molecular weight is 332 g/mol. The molecule has 1 amide bonds. The zero-order valence-electron chi connectivity index (χ0n) is 17.0. The molecule has 0 aliphatic heterocycles. The van der Waals surface area contributed by atoms with Gasteiger partial charge < -0.3 is 5.32 Å². The summed E-state index contributed by atoms with van der Waals surface area (Å²) in [7, 11) is 0. The molecule has 0 aromatic carbocycles. The van der Waals surface area contributed by atoms with Crippen molar-refractivity contribution in [3.63, 3.8) is 0 Å². The summed E-state index contributed by atoms with van der Waals surface area (Å²) in [5.41, 5.74) is 3.12. The third-order valence-electron chi connectivity index (χ3n) is 3.81. The lowest BCUT2D eigenvalue weighted by molar-refractivity contribution is -0.129. The number of allylic oxidation sites excluding steroid dienone is 4. The molecule has 2 nitrogen and oxygen atoms in total. The molecular weight excluding hydrogens is 294 g/mol. The zero-order valence-corrected chi connectivity index (χ0v) is 17.0. The highest BCUT2D eigenvalue weighted by atomic mass is 16.1. The van der Waals surface area contributed by atoms with Crippen molar-refractivity contribution in [1.29, 1.82) is 0 Å². The van der Waals surface area contributed by atoms with Crippen molar-refractivity contribution in [2.24, 2.45) is 16.7 Å². The van der Waals surface area contributed by atoms with Gasteiger partial charge in [-0.3, -0.25) is 4.79 Å². The Labute approximate surface area is 149 Å². The first-order chi connectivity index (χ1) is 10.8. The fraction of sp³-hybridized carbons (Fsp3) is 0.591. The largest absolute Gasteiger partial charge is 0.352 e. The van der Waals surface area contributed by atoms with Gasteiger partial charge in [0.2, 0.25) is 5.91 Å². The lowest BCUT2D eigenvalue weighted by atomic mass is 9.71. The average Bonchev–Trinajstić information content (AvgIpc) is 2.38. The molecule has 136 valence electrons. The van der Waals surface area contributed by atoms with Crippen LogP contribution < -0.4 is 5.32 Å². The molecule has 2 heteroatoms. The molecule has 0 fully saturated rings. The number of hydrogen-bond donors (Lipinski definition) is 1. The Morgan fingerprint density at radius 2 is 1.62 bits per heavy atom. The molecule has 0 bridgehead atoms. The molecule has 0 radical (unpaired) electrons. The van der Waals surface area contributed by atoms with Gasteiger partial charge in [0.05, 0.1) is 0 Å². The Bertz CT molecular complexity index is 521. The van der Waals surface area contributed by atoms with Gasteiger partial charge in [-0.25, -0.2) is 0 Å². The van der Waals surface area contributed by atoms with Gasteiger partial charge in [-0.05, 0) is 36.7 Å².